The minimum Gasteiger partial charge on any atom is -0.502 e. The van der Waals surface area contributed by atoms with E-state index in [0.717, 1.165) is 5.75 Å². The molecular formula is C5H6OS. The van der Waals surface area contributed by atoms with Gasteiger partial charge < -0.3 is 5.11 Å². The highest BCUT2D eigenvalue weighted by Gasteiger charge is 1.92. The van der Waals surface area contributed by atoms with Crippen molar-refractivity contribution in [2.45, 2.75) is 0 Å². The molecule has 1 aliphatic heterocycles. The number of allylic oxidation sites excluding steroid dienone is 2. The van der Waals surface area contributed by atoms with Crippen LogP contribution < -0.4 is 0 Å². The lowest BCUT2D eigenvalue weighted by molar-refractivity contribution is 0.456. The summed E-state index contributed by atoms with van der Waals surface area (Å²) < 4.78 is 0. The van der Waals surface area contributed by atoms with Crippen LogP contribution in [-0.2, 0) is 0 Å². The van der Waals surface area contributed by atoms with Crippen LogP contribution in [0.5, 0.6) is 0 Å². The molecule has 1 N–H and O–H groups in total. The molecule has 0 saturated heterocycles. The summed E-state index contributed by atoms with van der Waals surface area (Å²) in [5, 5.41) is 9.10. The van der Waals surface area contributed by atoms with Crippen molar-refractivity contribution >= 4 is 11.8 Å². The van der Waals surface area contributed by atoms with Gasteiger partial charge in [-0.1, -0.05) is 23.9 Å². The van der Waals surface area contributed by atoms with Crippen molar-refractivity contribution in [3.05, 3.63) is 23.3 Å². The van der Waals surface area contributed by atoms with Gasteiger partial charge in [-0.05, 0) is 6.08 Å². The first-order valence-corrected chi connectivity index (χ1v) is 3.07. The van der Waals surface area contributed by atoms with Crippen LogP contribution in [0.1, 0.15) is 0 Å². The van der Waals surface area contributed by atoms with Crippen molar-refractivity contribution in [2.24, 2.45) is 0 Å². The van der Waals surface area contributed by atoms with E-state index in [4.69, 9.17) is 5.11 Å². The van der Waals surface area contributed by atoms with Gasteiger partial charge in [-0.2, -0.15) is 0 Å². The minimum atomic E-state index is 0.419. The van der Waals surface area contributed by atoms with Gasteiger partial charge >= 0.3 is 0 Å². The lowest BCUT2D eigenvalue weighted by Crippen LogP contribution is -1.79. The van der Waals surface area contributed by atoms with Gasteiger partial charge in [-0.25, -0.2) is 0 Å². The van der Waals surface area contributed by atoms with Gasteiger partial charge in [0.15, 0.2) is 0 Å². The third kappa shape index (κ3) is 1.27. The Kier molecular flexibility index (Phi) is 1.42. The third-order valence-electron chi connectivity index (χ3n) is 0.702. The quantitative estimate of drug-likeness (QED) is 0.517. The van der Waals surface area contributed by atoms with E-state index in [-0.39, 0.29) is 0 Å². The molecule has 1 nitrogen and oxygen atoms in total. The number of hydrogen-bond acceptors (Lipinski definition) is 2. The average molecular weight is 114 g/mol. The molecule has 0 bridgehead atoms. The number of aliphatic hydroxyl groups is 1. The lowest BCUT2D eigenvalue weighted by Gasteiger charge is -1.97. The van der Waals surface area contributed by atoms with Crippen LogP contribution in [0.25, 0.3) is 0 Å². The van der Waals surface area contributed by atoms with Crippen LogP contribution in [0.2, 0.25) is 0 Å². The first-order valence-electron chi connectivity index (χ1n) is 2.08. The molecule has 0 amide bonds. The van der Waals surface area contributed by atoms with Crippen LogP contribution in [0, 0.1) is 0 Å². The van der Waals surface area contributed by atoms with Crippen molar-refractivity contribution in [2.75, 3.05) is 5.75 Å². The van der Waals surface area contributed by atoms with E-state index < -0.39 is 0 Å². The Labute approximate surface area is 46.7 Å². The first-order chi connectivity index (χ1) is 3.39. The summed E-state index contributed by atoms with van der Waals surface area (Å²) in [7, 11) is 0. The van der Waals surface area contributed by atoms with E-state index in [1.165, 1.54) is 11.8 Å². The molecule has 1 rings (SSSR count). The molecule has 0 spiro atoms. The summed E-state index contributed by atoms with van der Waals surface area (Å²) in [4.78, 5) is 0. The zero-order valence-electron chi connectivity index (χ0n) is 3.79. The second-order valence-corrected chi connectivity index (χ2v) is 2.28. The highest BCUT2D eigenvalue weighted by molar-refractivity contribution is 8.03. The Morgan fingerprint density at radius 2 is 2.57 bits per heavy atom. The predicted octanol–water partition coefficient (Wildman–Crippen LogP) is 1.69. The van der Waals surface area contributed by atoms with Gasteiger partial charge in [-0.15, -0.1) is 0 Å². The molecule has 0 atom stereocenters. The molecular weight excluding hydrogens is 108 g/mol. The van der Waals surface area contributed by atoms with E-state index in [1.807, 2.05) is 12.2 Å². The van der Waals surface area contributed by atoms with Crippen LogP contribution in [-0.4, -0.2) is 10.9 Å². The summed E-state index contributed by atoms with van der Waals surface area (Å²) in [6.45, 7) is 0. The molecule has 7 heavy (non-hydrogen) atoms. The molecule has 0 aromatic carbocycles. The van der Waals surface area contributed by atoms with Crippen molar-refractivity contribution < 1.29 is 5.11 Å². The van der Waals surface area contributed by atoms with Gasteiger partial charge in [0.2, 0.25) is 0 Å². The Hall–Kier alpha value is -0.370. The fourth-order valence-corrected chi connectivity index (χ4v) is 0.940. The molecule has 0 saturated carbocycles. The fraction of sp³-hybridized carbons (Fsp3) is 0.200. The Morgan fingerprint density at radius 1 is 1.71 bits per heavy atom. The molecule has 0 fully saturated rings. The van der Waals surface area contributed by atoms with Crippen molar-refractivity contribution in [3.8, 4) is 0 Å². The second kappa shape index (κ2) is 2.07. The SMILES string of the molecule is OC1=CC=CCS1. The summed E-state index contributed by atoms with van der Waals surface area (Å²) in [6, 6.07) is 0. The fourth-order valence-electron chi connectivity index (χ4n) is 0.388. The monoisotopic (exact) mass is 114 g/mol. The summed E-state index contributed by atoms with van der Waals surface area (Å²) in [5.74, 6) is 0.905. The number of thioether (sulfide) groups is 1. The molecule has 0 aromatic rings. The Morgan fingerprint density at radius 3 is 2.86 bits per heavy atom. The lowest BCUT2D eigenvalue weighted by atomic mass is 10.5. The molecule has 2 heteroatoms. The summed E-state index contributed by atoms with van der Waals surface area (Å²) in [5.41, 5.74) is 0. The van der Waals surface area contributed by atoms with Gasteiger partial charge in [0.1, 0.15) is 5.09 Å². The maximum absolute atomic E-state index is 8.68. The maximum atomic E-state index is 8.68. The van der Waals surface area contributed by atoms with E-state index >= 15 is 0 Å². The van der Waals surface area contributed by atoms with Gasteiger partial charge in [-0.3, -0.25) is 0 Å². The zero-order valence-corrected chi connectivity index (χ0v) is 4.61. The highest BCUT2D eigenvalue weighted by Crippen LogP contribution is 2.15. The van der Waals surface area contributed by atoms with Crippen LogP contribution >= 0.6 is 11.8 Å². The summed E-state index contributed by atoms with van der Waals surface area (Å²) in [6.07, 6.45) is 5.55. The van der Waals surface area contributed by atoms with Gasteiger partial charge in [0.05, 0.1) is 0 Å². The molecule has 0 aromatic heterocycles. The maximum Gasteiger partial charge on any atom is 0.150 e. The number of rotatable bonds is 0. The molecule has 0 unspecified atom stereocenters. The minimum absolute atomic E-state index is 0.419. The van der Waals surface area contributed by atoms with Crippen LogP contribution in [0.15, 0.2) is 23.3 Å². The second-order valence-electron chi connectivity index (χ2n) is 1.24. The van der Waals surface area contributed by atoms with E-state index in [0.29, 0.717) is 5.09 Å². The molecule has 0 aliphatic carbocycles. The molecule has 1 aliphatic rings. The summed E-state index contributed by atoms with van der Waals surface area (Å²) >= 11 is 1.45. The van der Waals surface area contributed by atoms with Crippen molar-refractivity contribution in [1.29, 1.82) is 0 Å². The van der Waals surface area contributed by atoms with E-state index in [2.05, 4.69) is 0 Å². The third-order valence-corrected chi connectivity index (χ3v) is 1.49. The smallest absolute Gasteiger partial charge is 0.150 e. The zero-order chi connectivity index (χ0) is 5.11. The number of aliphatic hydroxyl groups excluding tert-OH is 1. The average Bonchev–Trinajstić information content (AvgIpc) is 1.69. The predicted molar refractivity (Wildman–Crippen MR) is 32.3 cm³/mol. The van der Waals surface area contributed by atoms with Crippen LogP contribution in [0.3, 0.4) is 0 Å². The van der Waals surface area contributed by atoms with Crippen molar-refractivity contribution in [3.63, 3.8) is 0 Å². The molecule has 38 valence electrons. The normalized spacial score (nSPS) is 19.1. The molecule has 1 heterocycles. The topological polar surface area (TPSA) is 20.2 Å². The largest absolute Gasteiger partial charge is 0.502 e. The van der Waals surface area contributed by atoms with Gasteiger partial charge in [0, 0.05) is 5.75 Å². The highest BCUT2D eigenvalue weighted by atomic mass is 32.2. The number of hydrogen-bond donors (Lipinski definition) is 1. The van der Waals surface area contributed by atoms with Gasteiger partial charge in [0.25, 0.3) is 0 Å². The van der Waals surface area contributed by atoms with E-state index in [9.17, 15) is 0 Å². The Balaban J connectivity index is 2.57. The van der Waals surface area contributed by atoms with Crippen molar-refractivity contribution in [1.82, 2.24) is 0 Å². The Bertz CT molecular complexity index is 115. The molecule has 0 radical (unpaired) electrons. The van der Waals surface area contributed by atoms with Crippen LogP contribution in [0.4, 0.5) is 0 Å². The first kappa shape index (κ1) is 4.78. The van der Waals surface area contributed by atoms with E-state index in [1.54, 1.807) is 6.08 Å². The standard InChI is InChI=1S/C5H6OS/c6-5-3-1-2-4-7-5/h1-3,6H,4H2.